The molecule has 0 unspecified atom stereocenters. The molecule has 5 nitrogen and oxygen atoms in total. The molecule has 2 aromatic rings. The van der Waals surface area contributed by atoms with Crippen LogP contribution in [0.2, 0.25) is 0 Å². The first-order chi connectivity index (χ1) is 13.0. The van der Waals surface area contributed by atoms with Crippen molar-refractivity contribution in [1.82, 2.24) is 4.90 Å². The van der Waals surface area contributed by atoms with Gasteiger partial charge in [0.15, 0.2) is 18.1 Å². The van der Waals surface area contributed by atoms with Gasteiger partial charge in [0.2, 0.25) is 0 Å². The number of hydrogen-bond acceptors (Lipinski definition) is 4. The van der Waals surface area contributed by atoms with E-state index in [4.69, 9.17) is 14.2 Å². The zero-order chi connectivity index (χ0) is 19.8. The summed E-state index contributed by atoms with van der Waals surface area (Å²) in [7, 11) is 3.20. The van der Waals surface area contributed by atoms with Gasteiger partial charge in [0.25, 0.3) is 5.91 Å². The van der Waals surface area contributed by atoms with Crippen molar-refractivity contribution in [2.75, 3.05) is 27.4 Å². The lowest BCUT2D eigenvalue weighted by molar-refractivity contribution is -0.133. The van der Waals surface area contributed by atoms with Crippen LogP contribution >= 0.6 is 0 Å². The summed E-state index contributed by atoms with van der Waals surface area (Å²) in [6.45, 7) is 7.35. The van der Waals surface area contributed by atoms with Crippen LogP contribution in [0.5, 0.6) is 17.2 Å². The van der Waals surface area contributed by atoms with Crippen molar-refractivity contribution in [3.63, 3.8) is 0 Å². The van der Waals surface area contributed by atoms with Crippen LogP contribution in [0.4, 0.5) is 0 Å². The lowest BCUT2D eigenvalue weighted by Crippen LogP contribution is -2.34. The molecule has 0 aromatic heterocycles. The Morgan fingerprint density at radius 2 is 1.67 bits per heavy atom. The van der Waals surface area contributed by atoms with E-state index in [1.165, 1.54) is 5.56 Å². The SMILES string of the molecule is CCN(Cc1ccc(OC)c(OC)c1)C(=O)COc1ccc(C(C)C)cc1. The molecule has 0 heterocycles. The van der Waals surface area contributed by atoms with E-state index in [1.807, 2.05) is 49.4 Å². The fourth-order valence-corrected chi connectivity index (χ4v) is 2.76. The first kappa shape index (κ1) is 20.6. The van der Waals surface area contributed by atoms with Crippen LogP contribution in [0, 0.1) is 0 Å². The third kappa shape index (κ3) is 5.64. The normalized spacial score (nSPS) is 10.6. The molecule has 0 N–H and O–H groups in total. The molecular formula is C22H29NO4. The molecule has 0 aliphatic carbocycles. The molecule has 1 amide bonds. The summed E-state index contributed by atoms with van der Waals surface area (Å²) in [6.07, 6.45) is 0. The molecule has 27 heavy (non-hydrogen) atoms. The number of ether oxygens (including phenoxy) is 3. The van der Waals surface area contributed by atoms with Crippen LogP contribution in [-0.4, -0.2) is 38.2 Å². The lowest BCUT2D eigenvalue weighted by atomic mass is 10.0. The topological polar surface area (TPSA) is 48.0 Å². The Hall–Kier alpha value is -2.69. The highest BCUT2D eigenvalue weighted by Gasteiger charge is 2.14. The highest BCUT2D eigenvalue weighted by Crippen LogP contribution is 2.28. The molecule has 0 aliphatic heterocycles. The summed E-state index contributed by atoms with van der Waals surface area (Å²) in [4.78, 5) is 14.3. The standard InChI is InChI=1S/C22H29NO4/c1-6-23(14-17-7-12-20(25-4)21(13-17)26-5)22(24)15-27-19-10-8-18(9-11-19)16(2)3/h7-13,16H,6,14-15H2,1-5H3. The summed E-state index contributed by atoms with van der Waals surface area (Å²) in [5.41, 5.74) is 2.22. The maximum absolute atomic E-state index is 12.5. The molecule has 2 rings (SSSR count). The Balaban J connectivity index is 1.97. The number of likely N-dealkylation sites (N-methyl/N-ethyl adjacent to an activating group) is 1. The molecule has 5 heteroatoms. The smallest absolute Gasteiger partial charge is 0.260 e. The second-order valence-electron chi connectivity index (χ2n) is 6.61. The van der Waals surface area contributed by atoms with Crippen LogP contribution in [0.1, 0.15) is 37.8 Å². The Labute approximate surface area is 161 Å². The van der Waals surface area contributed by atoms with Crippen LogP contribution in [0.15, 0.2) is 42.5 Å². The number of benzene rings is 2. The van der Waals surface area contributed by atoms with Gasteiger partial charge in [-0.2, -0.15) is 0 Å². The number of methoxy groups -OCH3 is 2. The lowest BCUT2D eigenvalue weighted by Gasteiger charge is -2.22. The molecule has 0 spiro atoms. The molecule has 146 valence electrons. The summed E-state index contributed by atoms with van der Waals surface area (Å²) < 4.78 is 16.3. The molecule has 0 saturated carbocycles. The van der Waals surface area contributed by atoms with Crippen molar-refractivity contribution < 1.29 is 19.0 Å². The van der Waals surface area contributed by atoms with Gasteiger partial charge < -0.3 is 19.1 Å². The monoisotopic (exact) mass is 371 g/mol. The fraction of sp³-hybridized carbons (Fsp3) is 0.409. The summed E-state index contributed by atoms with van der Waals surface area (Å²) >= 11 is 0. The minimum atomic E-state index is -0.0554. The van der Waals surface area contributed by atoms with Gasteiger partial charge in [-0.15, -0.1) is 0 Å². The van der Waals surface area contributed by atoms with Crippen LogP contribution in [0.25, 0.3) is 0 Å². The quantitative estimate of drug-likeness (QED) is 0.661. The number of rotatable bonds is 9. The first-order valence-electron chi connectivity index (χ1n) is 9.19. The Morgan fingerprint density at radius 3 is 2.22 bits per heavy atom. The van der Waals surface area contributed by atoms with E-state index < -0.39 is 0 Å². The van der Waals surface area contributed by atoms with Crippen LogP contribution in [0.3, 0.4) is 0 Å². The minimum absolute atomic E-state index is 0.0160. The molecule has 0 atom stereocenters. The zero-order valence-electron chi connectivity index (χ0n) is 16.8. The third-order valence-electron chi connectivity index (χ3n) is 4.46. The third-order valence-corrected chi connectivity index (χ3v) is 4.46. The van der Waals surface area contributed by atoms with Gasteiger partial charge in [-0.1, -0.05) is 32.0 Å². The number of hydrogen-bond donors (Lipinski definition) is 0. The number of nitrogens with zero attached hydrogens (tertiary/aromatic N) is 1. The highest BCUT2D eigenvalue weighted by atomic mass is 16.5. The molecule has 2 aromatic carbocycles. The number of amides is 1. The van der Waals surface area contributed by atoms with E-state index in [-0.39, 0.29) is 12.5 Å². The second kappa shape index (κ2) is 9.86. The van der Waals surface area contributed by atoms with Gasteiger partial charge in [-0.3, -0.25) is 4.79 Å². The van der Waals surface area contributed by atoms with Crippen molar-refractivity contribution >= 4 is 5.91 Å². The largest absolute Gasteiger partial charge is 0.493 e. The summed E-state index contributed by atoms with van der Waals surface area (Å²) in [6, 6.07) is 13.6. The highest BCUT2D eigenvalue weighted by molar-refractivity contribution is 5.77. The second-order valence-corrected chi connectivity index (χ2v) is 6.61. The Morgan fingerprint density at radius 1 is 1.00 bits per heavy atom. The molecular weight excluding hydrogens is 342 g/mol. The molecule has 0 radical (unpaired) electrons. The maximum Gasteiger partial charge on any atom is 0.260 e. The predicted octanol–water partition coefficient (Wildman–Crippen LogP) is 4.25. The fourth-order valence-electron chi connectivity index (χ4n) is 2.76. The maximum atomic E-state index is 12.5. The first-order valence-corrected chi connectivity index (χ1v) is 9.19. The number of carbonyl (C=O) groups excluding carboxylic acids is 1. The van der Waals surface area contributed by atoms with Crippen molar-refractivity contribution in [3.05, 3.63) is 53.6 Å². The average molecular weight is 371 g/mol. The van der Waals surface area contributed by atoms with Gasteiger partial charge in [0.05, 0.1) is 14.2 Å². The molecule has 0 bridgehead atoms. The molecule has 0 fully saturated rings. The van der Waals surface area contributed by atoms with E-state index in [0.717, 1.165) is 5.56 Å². The molecule has 0 aliphatic rings. The van der Waals surface area contributed by atoms with Crippen LogP contribution in [-0.2, 0) is 11.3 Å². The molecule has 0 saturated heterocycles. The van der Waals surface area contributed by atoms with Crippen molar-refractivity contribution in [2.45, 2.75) is 33.2 Å². The van der Waals surface area contributed by atoms with Gasteiger partial charge in [-0.05, 0) is 48.2 Å². The Bertz CT molecular complexity index is 740. The average Bonchev–Trinajstić information content (AvgIpc) is 2.70. The number of carbonyl (C=O) groups is 1. The van der Waals surface area contributed by atoms with Gasteiger partial charge in [0.1, 0.15) is 5.75 Å². The van der Waals surface area contributed by atoms with Crippen molar-refractivity contribution in [2.24, 2.45) is 0 Å². The predicted molar refractivity (Wildman–Crippen MR) is 107 cm³/mol. The van der Waals surface area contributed by atoms with Crippen LogP contribution < -0.4 is 14.2 Å². The Kier molecular flexibility index (Phi) is 7.53. The summed E-state index contributed by atoms with van der Waals surface area (Å²) in [5, 5.41) is 0. The van der Waals surface area contributed by atoms with E-state index in [0.29, 0.717) is 36.3 Å². The van der Waals surface area contributed by atoms with Gasteiger partial charge in [-0.25, -0.2) is 0 Å². The minimum Gasteiger partial charge on any atom is -0.493 e. The van der Waals surface area contributed by atoms with E-state index in [9.17, 15) is 4.79 Å². The van der Waals surface area contributed by atoms with E-state index in [1.54, 1.807) is 19.1 Å². The zero-order valence-corrected chi connectivity index (χ0v) is 16.8. The van der Waals surface area contributed by atoms with Gasteiger partial charge in [0, 0.05) is 13.1 Å². The van der Waals surface area contributed by atoms with Crippen molar-refractivity contribution in [3.8, 4) is 17.2 Å². The summed E-state index contributed by atoms with van der Waals surface area (Å²) in [5.74, 6) is 2.44. The van der Waals surface area contributed by atoms with E-state index >= 15 is 0 Å². The van der Waals surface area contributed by atoms with Gasteiger partial charge >= 0.3 is 0 Å². The van der Waals surface area contributed by atoms with E-state index in [2.05, 4.69) is 13.8 Å². The van der Waals surface area contributed by atoms with Crippen molar-refractivity contribution in [1.29, 1.82) is 0 Å².